The minimum absolute atomic E-state index is 0.655. The van der Waals surface area contributed by atoms with Gasteiger partial charge in [-0.05, 0) is 0 Å². The van der Waals surface area contributed by atoms with Crippen LogP contribution in [0.2, 0.25) is 0 Å². The van der Waals surface area contributed by atoms with Gasteiger partial charge in [0.05, 0.1) is 0 Å². The van der Waals surface area contributed by atoms with Gasteiger partial charge >= 0.3 is 0 Å². The number of hydrogen-bond donors (Lipinski definition) is 0. The number of rotatable bonds is 0. The van der Waals surface area contributed by atoms with Crippen molar-refractivity contribution < 1.29 is 0 Å². The van der Waals surface area contributed by atoms with Crippen molar-refractivity contribution in [2.75, 3.05) is 0 Å². The fourth-order valence-corrected chi connectivity index (χ4v) is 0.884. The molecule has 0 bridgehead atoms. The molecule has 0 N–H and O–H groups in total. The zero-order valence-electron chi connectivity index (χ0n) is 3.26. The molecule has 0 aromatic carbocycles. The highest BCUT2D eigenvalue weighted by atomic mass is 127. The van der Waals surface area contributed by atoms with Crippen LogP contribution in [-0.2, 0) is 0 Å². The number of hydrogen-bond acceptors (Lipinski definition) is 0. The molecule has 1 heterocycles. The summed E-state index contributed by atoms with van der Waals surface area (Å²) < 4.78 is 0.655. The van der Waals surface area contributed by atoms with Gasteiger partial charge in [-0.1, -0.05) is 24.1 Å². The van der Waals surface area contributed by atoms with E-state index in [9.17, 15) is 0 Å². The maximum atomic E-state index is 2.36. The Hall–Kier alpha value is 0.275. The van der Waals surface area contributed by atoms with Gasteiger partial charge in [-0.3, -0.25) is 0 Å². The van der Waals surface area contributed by atoms with E-state index in [1.54, 1.807) is 0 Å². The largest absolute Gasteiger partial charge is 0.267 e. The van der Waals surface area contributed by atoms with Crippen molar-refractivity contribution in [3.8, 4) is 0 Å². The highest BCUT2D eigenvalue weighted by Crippen LogP contribution is 2.03. The molecular weight excluding hydrogens is 186 g/mol. The third-order valence-corrected chi connectivity index (χ3v) is 1.53. The maximum absolute atomic E-state index is 2.36. The minimum atomic E-state index is 0.655. The van der Waals surface area contributed by atoms with E-state index < -0.39 is 0 Å². The van der Waals surface area contributed by atoms with E-state index in [0.29, 0.717) is 4.57 Å². The van der Waals surface area contributed by atoms with Crippen molar-refractivity contribution >= 4 is 26.9 Å². The zero-order chi connectivity index (χ0) is 4.41. The summed E-state index contributed by atoms with van der Waals surface area (Å²) in [5, 5.41) is 0. The van der Waals surface area contributed by atoms with Gasteiger partial charge in [0.25, 0.3) is 4.57 Å². The maximum Gasteiger partial charge on any atom is 0.267 e. The van der Waals surface area contributed by atoms with Gasteiger partial charge < -0.3 is 0 Å². The van der Waals surface area contributed by atoms with Crippen LogP contribution < -0.4 is 0 Å². The lowest BCUT2D eigenvalue weighted by Gasteiger charge is -1.74. The molecule has 0 radical (unpaired) electrons. The lowest BCUT2D eigenvalue weighted by Crippen LogP contribution is -1.84. The lowest BCUT2D eigenvalue weighted by molar-refractivity contribution is 2.15. The molecule has 0 saturated heterocycles. The molecule has 0 aromatic heterocycles. The average molecular weight is 190 g/mol. The van der Waals surface area contributed by atoms with Crippen molar-refractivity contribution in [2.24, 2.45) is 0 Å². The van der Waals surface area contributed by atoms with Gasteiger partial charge in [0.15, 0.2) is 0 Å². The second kappa shape index (κ2) is 1.82. The summed E-state index contributed by atoms with van der Waals surface area (Å²) in [7, 11) is 0. The van der Waals surface area contributed by atoms with Crippen LogP contribution in [0.1, 0.15) is 0 Å². The Balaban J connectivity index is 2.60. The first-order valence-electron chi connectivity index (χ1n) is 1.88. The van der Waals surface area contributed by atoms with Gasteiger partial charge in [0.2, 0.25) is 0 Å². The van der Waals surface area contributed by atoms with E-state index in [1.165, 1.54) is 0 Å². The van der Waals surface area contributed by atoms with Gasteiger partial charge in [0.1, 0.15) is 0 Å². The van der Waals surface area contributed by atoms with Crippen molar-refractivity contribution in [3.05, 3.63) is 24.1 Å². The molecule has 30 valence electrons. The molecule has 6 heavy (non-hydrogen) atoms. The second-order valence-corrected chi connectivity index (χ2v) is 2.65. The second-order valence-electron chi connectivity index (χ2n) is 1.21. The van der Waals surface area contributed by atoms with Crippen LogP contribution in [0.5, 0.6) is 0 Å². The standard InChI is InChI=1S/C4H4BI/c6-5-3-1-2-4-5/h1-4H. The van der Waals surface area contributed by atoms with E-state index in [-0.39, 0.29) is 0 Å². The monoisotopic (exact) mass is 190 g/mol. The highest BCUT2D eigenvalue weighted by Gasteiger charge is 1.98. The van der Waals surface area contributed by atoms with Crippen LogP contribution >= 0.6 is 22.4 Å². The molecule has 1 rings (SSSR count). The SMILES string of the molecule is IB1C=CC=C1. The normalized spacial score (nSPS) is 17.2. The predicted molar refractivity (Wildman–Crippen MR) is 38.1 cm³/mol. The molecule has 0 aliphatic carbocycles. The van der Waals surface area contributed by atoms with Gasteiger partial charge in [-0.25, -0.2) is 0 Å². The molecule has 0 fully saturated rings. The Morgan fingerprint density at radius 3 is 1.83 bits per heavy atom. The Morgan fingerprint density at radius 2 is 1.67 bits per heavy atom. The Labute approximate surface area is 51.3 Å². The molecule has 0 aromatic rings. The number of allylic oxidation sites excluding steroid dienone is 2. The summed E-state index contributed by atoms with van der Waals surface area (Å²) in [5.41, 5.74) is 0. The molecule has 0 unspecified atom stereocenters. The summed E-state index contributed by atoms with van der Waals surface area (Å²) in [6.45, 7) is 0. The van der Waals surface area contributed by atoms with E-state index in [4.69, 9.17) is 0 Å². The van der Waals surface area contributed by atoms with Crippen molar-refractivity contribution in [1.29, 1.82) is 0 Å². The molecule has 0 amide bonds. The van der Waals surface area contributed by atoms with Gasteiger partial charge in [0, 0.05) is 0 Å². The fraction of sp³-hybridized carbons (Fsp3) is 0. The van der Waals surface area contributed by atoms with E-state index in [0.717, 1.165) is 0 Å². The van der Waals surface area contributed by atoms with Crippen LogP contribution in [0, 0.1) is 0 Å². The van der Waals surface area contributed by atoms with Crippen molar-refractivity contribution in [2.45, 2.75) is 0 Å². The van der Waals surface area contributed by atoms with Crippen LogP contribution in [0.4, 0.5) is 0 Å². The molecule has 0 atom stereocenters. The summed E-state index contributed by atoms with van der Waals surface area (Å²) in [4.78, 5) is 0. The zero-order valence-corrected chi connectivity index (χ0v) is 5.42. The first kappa shape index (κ1) is 4.43. The van der Waals surface area contributed by atoms with E-state index in [1.807, 2.05) is 0 Å². The van der Waals surface area contributed by atoms with E-state index >= 15 is 0 Å². The third kappa shape index (κ3) is 0.866. The molecular formula is C4H4BI. The number of halogens is 1. The first-order valence-corrected chi connectivity index (χ1v) is 3.13. The minimum Gasteiger partial charge on any atom is -0.137 e. The molecule has 0 saturated carbocycles. The van der Waals surface area contributed by atoms with E-state index in [2.05, 4.69) is 46.5 Å². The Kier molecular flexibility index (Phi) is 1.35. The summed E-state index contributed by atoms with van der Waals surface area (Å²) in [6.07, 6.45) is 4.13. The van der Waals surface area contributed by atoms with Crippen LogP contribution in [-0.4, -0.2) is 4.57 Å². The summed E-state index contributed by atoms with van der Waals surface area (Å²) in [5.74, 6) is 4.31. The molecule has 0 spiro atoms. The van der Waals surface area contributed by atoms with Crippen molar-refractivity contribution in [1.82, 2.24) is 0 Å². The predicted octanol–water partition coefficient (Wildman–Crippen LogP) is 1.62. The molecule has 2 heteroatoms. The molecule has 1 aliphatic rings. The van der Waals surface area contributed by atoms with Gasteiger partial charge in [-0.15, -0.1) is 22.4 Å². The highest BCUT2D eigenvalue weighted by molar-refractivity contribution is 14.1. The topological polar surface area (TPSA) is 0 Å². The lowest BCUT2D eigenvalue weighted by atomic mass is 9.82. The van der Waals surface area contributed by atoms with Crippen molar-refractivity contribution in [3.63, 3.8) is 0 Å². The van der Waals surface area contributed by atoms with Gasteiger partial charge in [-0.2, -0.15) is 0 Å². The average Bonchev–Trinajstić information content (AvgIpc) is 1.86. The quantitative estimate of drug-likeness (QED) is 0.402. The van der Waals surface area contributed by atoms with Crippen LogP contribution in [0.3, 0.4) is 0 Å². The molecule has 1 aliphatic heterocycles. The summed E-state index contributed by atoms with van der Waals surface area (Å²) >= 11 is 2.36. The third-order valence-electron chi connectivity index (χ3n) is 0.701. The van der Waals surface area contributed by atoms with Crippen LogP contribution in [0.25, 0.3) is 0 Å². The Morgan fingerprint density at radius 1 is 1.17 bits per heavy atom. The molecule has 0 nitrogen and oxygen atoms in total. The first-order chi connectivity index (χ1) is 2.89. The van der Waals surface area contributed by atoms with Crippen LogP contribution in [0.15, 0.2) is 24.1 Å². The smallest absolute Gasteiger partial charge is 0.137 e. The Bertz CT molecular complexity index is 83.7. The summed E-state index contributed by atoms with van der Waals surface area (Å²) in [6, 6.07) is 0. The fourth-order valence-electron chi connectivity index (χ4n) is 0.405.